The van der Waals surface area contributed by atoms with Crippen LogP contribution in [0.3, 0.4) is 0 Å². The molecule has 0 radical (unpaired) electrons. The number of hydrogen-bond acceptors (Lipinski definition) is 3. The Hall–Kier alpha value is -2.04. The highest BCUT2D eigenvalue weighted by molar-refractivity contribution is 5.75. The number of aliphatic carboxylic acids is 1. The van der Waals surface area contributed by atoms with E-state index in [1.54, 1.807) is 7.11 Å². The van der Waals surface area contributed by atoms with Gasteiger partial charge in [0.2, 0.25) is 5.91 Å². The van der Waals surface area contributed by atoms with Crippen LogP contribution in [-0.4, -0.2) is 30.6 Å². The Morgan fingerprint density at radius 2 is 1.68 bits per heavy atom. The highest BCUT2D eigenvalue weighted by atomic mass is 16.5. The lowest BCUT2D eigenvalue weighted by molar-refractivity contribution is -0.137. The summed E-state index contributed by atoms with van der Waals surface area (Å²) in [5, 5.41) is 11.4. The molecule has 122 valence electrons. The fourth-order valence-electron chi connectivity index (χ4n) is 2.14. The van der Waals surface area contributed by atoms with Gasteiger partial charge in [0.25, 0.3) is 0 Å². The second kappa shape index (κ2) is 10.7. The molecule has 0 atom stereocenters. The van der Waals surface area contributed by atoms with Crippen LogP contribution >= 0.6 is 0 Å². The first-order chi connectivity index (χ1) is 10.6. The maximum atomic E-state index is 11.6. The minimum Gasteiger partial charge on any atom is -0.497 e. The molecule has 0 aliphatic heterocycles. The maximum Gasteiger partial charge on any atom is 0.303 e. The summed E-state index contributed by atoms with van der Waals surface area (Å²) in [6.07, 6.45) is 4.80. The number of nitrogens with one attached hydrogen (secondary N) is 1. The molecular weight excluding hydrogens is 282 g/mol. The zero-order chi connectivity index (χ0) is 16.2. The van der Waals surface area contributed by atoms with Gasteiger partial charge in [0, 0.05) is 19.4 Å². The molecule has 1 aromatic rings. The van der Waals surface area contributed by atoms with Crippen LogP contribution in [0, 0.1) is 0 Å². The maximum absolute atomic E-state index is 11.6. The van der Waals surface area contributed by atoms with E-state index >= 15 is 0 Å². The Balaban J connectivity index is 2.04. The van der Waals surface area contributed by atoms with E-state index in [1.165, 1.54) is 0 Å². The summed E-state index contributed by atoms with van der Waals surface area (Å²) in [7, 11) is 1.64. The average molecular weight is 307 g/mol. The van der Waals surface area contributed by atoms with Crippen molar-refractivity contribution in [3.05, 3.63) is 29.8 Å². The number of methoxy groups -OCH3 is 1. The number of carboxylic acids is 1. The number of carboxylic acid groups (broad SMARTS) is 1. The monoisotopic (exact) mass is 307 g/mol. The molecular formula is C17H25NO4. The zero-order valence-electron chi connectivity index (χ0n) is 13.1. The molecule has 0 aliphatic carbocycles. The van der Waals surface area contributed by atoms with E-state index in [0.717, 1.165) is 37.0 Å². The van der Waals surface area contributed by atoms with Crippen LogP contribution < -0.4 is 10.1 Å². The van der Waals surface area contributed by atoms with Crippen LogP contribution in [0.1, 0.15) is 44.1 Å². The van der Waals surface area contributed by atoms with Crippen molar-refractivity contribution < 1.29 is 19.4 Å². The van der Waals surface area contributed by atoms with Crippen molar-refractivity contribution in [2.75, 3.05) is 13.7 Å². The Morgan fingerprint density at radius 3 is 2.27 bits per heavy atom. The second-order valence-corrected chi connectivity index (χ2v) is 5.26. The van der Waals surface area contributed by atoms with Crippen LogP contribution in [0.25, 0.3) is 0 Å². The van der Waals surface area contributed by atoms with E-state index in [9.17, 15) is 9.59 Å². The molecule has 0 aliphatic rings. The third-order valence-electron chi connectivity index (χ3n) is 3.44. The Labute approximate surface area is 131 Å². The summed E-state index contributed by atoms with van der Waals surface area (Å²) >= 11 is 0. The Bertz CT molecular complexity index is 456. The van der Waals surface area contributed by atoms with Gasteiger partial charge in [0.1, 0.15) is 5.75 Å². The third-order valence-corrected chi connectivity index (χ3v) is 3.44. The quantitative estimate of drug-likeness (QED) is 0.616. The van der Waals surface area contributed by atoms with Crippen LogP contribution in [0.4, 0.5) is 0 Å². The first kappa shape index (κ1) is 18.0. The fraction of sp³-hybridized carbons (Fsp3) is 0.529. The molecule has 1 aromatic carbocycles. The number of benzene rings is 1. The molecule has 0 saturated carbocycles. The van der Waals surface area contributed by atoms with Crippen molar-refractivity contribution in [3.63, 3.8) is 0 Å². The van der Waals surface area contributed by atoms with Gasteiger partial charge in [-0.1, -0.05) is 25.0 Å². The van der Waals surface area contributed by atoms with Gasteiger partial charge in [-0.2, -0.15) is 0 Å². The zero-order valence-corrected chi connectivity index (χ0v) is 13.1. The van der Waals surface area contributed by atoms with E-state index in [-0.39, 0.29) is 12.3 Å². The Kier molecular flexibility index (Phi) is 8.72. The first-order valence-electron chi connectivity index (χ1n) is 7.73. The van der Waals surface area contributed by atoms with Crippen molar-refractivity contribution in [1.82, 2.24) is 5.32 Å². The number of rotatable bonds is 11. The van der Waals surface area contributed by atoms with Crippen LogP contribution in [0.15, 0.2) is 24.3 Å². The van der Waals surface area contributed by atoms with Gasteiger partial charge in [-0.25, -0.2) is 0 Å². The number of carbonyl (C=O) groups excluding carboxylic acids is 1. The summed E-state index contributed by atoms with van der Waals surface area (Å²) in [5.41, 5.74) is 1.16. The highest BCUT2D eigenvalue weighted by Gasteiger charge is 2.02. The van der Waals surface area contributed by atoms with Crippen molar-refractivity contribution >= 4 is 11.9 Å². The molecule has 1 rings (SSSR count). The lowest BCUT2D eigenvalue weighted by Crippen LogP contribution is -2.25. The van der Waals surface area contributed by atoms with E-state index in [2.05, 4.69) is 5.32 Å². The molecule has 2 N–H and O–H groups in total. The minimum absolute atomic E-state index is 0.0618. The molecule has 0 spiro atoms. The predicted octanol–water partition coefficient (Wildman–Crippen LogP) is 2.78. The molecule has 0 unspecified atom stereocenters. The van der Waals surface area contributed by atoms with E-state index in [4.69, 9.17) is 9.84 Å². The van der Waals surface area contributed by atoms with Crippen LogP contribution in [0.2, 0.25) is 0 Å². The molecule has 22 heavy (non-hydrogen) atoms. The molecule has 0 aromatic heterocycles. The smallest absolute Gasteiger partial charge is 0.303 e. The van der Waals surface area contributed by atoms with Gasteiger partial charge in [0.05, 0.1) is 7.11 Å². The average Bonchev–Trinajstić information content (AvgIpc) is 2.51. The van der Waals surface area contributed by atoms with Crippen molar-refractivity contribution in [1.29, 1.82) is 0 Å². The normalized spacial score (nSPS) is 10.2. The number of amides is 1. The van der Waals surface area contributed by atoms with Gasteiger partial charge in [-0.15, -0.1) is 0 Å². The third kappa shape index (κ3) is 8.29. The minimum atomic E-state index is -0.753. The number of hydrogen-bond donors (Lipinski definition) is 2. The summed E-state index contributed by atoms with van der Waals surface area (Å²) in [4.78, 5) is 22.0. The summed E-state index contributed by atoms with van der Waals surface area (Å²) < 4.78 is 5.09. The number of carbonyl (C=O) groups is 2. The lowest BCUT2D eigenvalue weighted by Gasteiger charge is -2.06. The first-order valence-corrected chi connectivity index (χ1v) is 7.73. The number of ether oxygens (including phenoxy) is 1. The second-order valence-electron chi connectivity index (χ2n) is 5.26. The molecule has 0 saturated heterocycles. The molecule has 5 heteroatoms. The molecule has 1 amide bonds. The summed E-state index contributed by atoms with van der Waals surface area (Å²) in [6.45, 7) is 0.629. The van der Waals surface area contributed by atoms with Gasteiger partial charge in [0.15, 0.2) is 0 Å². The summed E-state index contributed by atoms with van der Waals surface area (Å²) in [6, 6.07) is 7.81. The Morgan fingerprint density at radius 1 is 1.05 bits per heavy atom. The molecule has 0 heterocycles. The highest BCUT2D eigenvalue weighted by Crippen LogP contribution is 2.11. The summed E-state index contributed by atoms with van der Waals surface area (Å²) in [5.74, 6) is 0.138. The van der Waals surface area contributed by atoms with Crippen molar-refractivity contribution in [2.24, 2.45) is 0 Å². The standard InChI is InChI=1S/C17H25NO4/c1-22-15-10-8-14(9-11-15)12-13-18-16(19)6-4-2-3-5-7-17(20)21/h8-11H,2-7,12-13H2,1H3,(H,18,19)(H,20,21). The lowest BCUT2D eigenvalue weighted by atomic mass is 10.1. The van der Waals surface area contributed by atoms with Gasteiger partial charge < -0.3 is 15.2 Å². The van der Waals surface area contributed by atoms with Gasteiger partial charge in [-0.3, -0.25) is 9.59 Å². The van der Waals surface area contributed by atoms with E-state index in [1.807, 2.05) is 24.3 Å². The van der Waals surface area contributed by atoms with Crippen molar-refractivity contribution in [3.8, 4) is 5.75 Å². The predicted molar refractivity (Wildman–Crippen MR) is 85.0 cm³/mol. The van der Waals surface area contributed by atoms with E-state index < -0.39 is 5.97 Å². The largest absolute Gasteiger partial charge is 0.497 e. The van der Waals surface area contributed by atoms with Gasteiger partial charge in [-0.05, 0) is 37.0 Å². The molecule has 5 nitrogen and oxygen atoms in total. The molecule has 0 fully saturated rings. The fourth-order valence-corrected chi connectivity index (χ4v) is 2.14. The molecule has 0 bridgehead atoms. The van der Waals surface area contributed by atoms with Gasteiger partial charge >= 0.3 is 5.97 Å². The topological polar surface area (TPSA) is 75.6 Å². The number of unbranched alkanes of at least 4 members (excludes halogenated alkanes) is 3. The van der Waals surface area contributed by atoms with Crippen LogP contribution in [-0.2, 0) is 16.0 Å². The SMILES string of the molecule is COc1ccc(CCNC(=O)CCCCCCC(=O)O)cc1. The van der Waals surface area contributed by atoms with Crippen LogP contribution in [0.5, 0.6) is 5.75 Å². The van der Waals surface area contributed by atoms with E-state index in [0.29, 0.717) is 19.4 Å². The van der Waals surface area contributed by atoms with Crippen molar-refractivity contribution in [2.45, 2.75) is 44.9 Å².